The van der Waals surface area contributed by atoms with Crippen molar-refractivity contribution in [2.24, 2.45) is 0 Å². The summed E-state index contributed by atoms with van der Waals surface area (Å²) in [7, 11) is 0. The van der Waals surface area contributed by atoms with Crippen LogP contribution in [0.15, 0.2) is 29.6 Å². The average Bonchev–Trinajstić information content (AvgIpc) is 2.77. The van der Waals surface area contributed by atoms with Crippen LogP contribution in [0.3, 0.4) is 0 Å². The highest BCUT2D eigenvalue weighted by molar-refractivity contribution is 7.17. The summed E-state index contributed by atoms with van der Waals surface area (Å²) in [6, 6.07) is 8.84. The van der Waals surface area contributed by atoms with E-state index in [1.807, 2.05) is 11.3 Å². The number of rotatable bonds is 6. The molecule has 0 amide bonds. The van der Waals surface area contributed by atoms with Gasteiger partial charge in [-0.2, -0.15) is 0 Å². The van der Waals surface area contributed by atoms with Crippen LogP contribution in [-0.2, 0) is 6.42 Å². The number of aryl methyl sites for hydroxylation is 1. The van der Waals surface area contributed by atoms with Crippen LogP contribution < -0.4 is 5.32 Å². The van der Waals surface area contributed by atoms with Gasteiger partial charge in [-0.1, -0.05) is 25.1 Å². The number of hydrogen-bond acceptors (Lipinski definition) is 2. The first kappa shape index (κ1) is 11.6. The highest BCUT2D eigenvalue weighted by atomic mass is 32.1. The Morgan fingerprint density at radius 1 is 1.19 bits per heavy atom. The first-order chi connectivity index (χ1) is 7.92. The van der Waals surface area contributed by atoms with Crippen molar-refractivity contribution in [3.8, 4) is 0 Å². The van der Waals surface area contributed by atoms with Crippen LogP contribution in [0.5, 0.6) is 0 Å². The molecule has 2 heteroatoms. The lowest BCUT2D eigenvalue weighted by molar-refractivity contribution is 0.641. The van der Waals surface area contributed by atoms with Gasteiger partial charge in [0.15, 0.2) is 0 Å². The summed E-state index contributed by atoms with van der Waals surface area (Å²) in [4.78, 5) is 0. The molecular weight excluding hydrogens is 214 g/mol. The Kier molecular flexibility index (Phi) is 4.37. The van der Waals surface area contributed by atoms with Crippen molar-refractivity contribution >= 4 is 21.4 Å². The number of benzene rings is 1. The van der Waals surface area contributed by atoms with Gasteiger partial charge in [-0.05, 0) is 54.7 Å². The maximum absolute atomic E-state index is 3.45. The number of fused-ring (bicyclic) bond motifs is 1. The standard InChI is InChI=1S/C14H19NS/c1-2-9-15-10-4-7-12-5-3-6-13-8-11-16-14(12)13/h3,5-6,8,11,15H,2,4,7,9-10H2,1H3. The fraction of sp³-hybridized carbons (Fsp3) is 0.429. The van der Waals surface area contributed by atoms with Crippen LogP contribution in [-0.4, -0.2) is 13.1 Å². The highest BCUT2D eigenvalue weighted by Gasteiger charge is 2.01. The van der Waals surface area contributed by atoms with E-state index >= 15 is 0 Å². The molecule has 0 atom stereocenters. The highest BCUT2D eigenvalue weighted by Crippen LogP contribution is 2.25. The minimum absolute atomic E-state index is 1.13. The van der Waals surface area contributed by atoms with Gasteiger partial charge in [0.2, 0.25) is 0 Å². The molecule has 1 N–H and O–H groups in total. The summed E-state index contributed by atoms with van der Waals surface area (Å²) >= 11 is 1.86. The topological polar surface area (TPSA) is 12.0 Å². The molecular formula is C14H19NS. The second-order valence-electron chi connectivity index (χ2n) is 4.11. The van der Waals surface area contributed by atoms with Crippen molar-refractivity contribution in [2.45, 2.75) is 26.2 Å². The molecule has 86 valence electrons. The first-order valence-electron chi connectivity index (χ1n) is 6.07. The van der Waals surface area contributed by atoms with E-state index in [1.54, 1.807) is 0 Å². The van der Waals surface area contributed by atoms with E-state index < -0.39 is 0 Å². The third-order valence-corrected chi connectivity index (χ3v) is 3.79. The van der Waals surface area contributed by atoms with E-state index in [1.165, 1.54) is 34.9 Å². The molecule has 1 heterocycles. The Morgan fingerprint density at radius 3 is 3.00 bits per heavy atom. The van der Waals surface area contributed by atoms with Crippen molar-refractivity contribution in [2.75, 3.05) is 13.1 Å². The van der Waals surface area contributed by atoms with Crippen LogP contribution in [0.25, 0.3) is 10.1 Å². The molecule has 1 aromatic heterocycles. The Morgan fingerprint density at radius 2 is 2.12 bits per heavy atom. The maximum Gasteiger partial charge on any atom is 0.0374 e. The van der Waals surface area contributed by atoms with E-state index in [0.717, 1.165) is 13.1 Å². The van der Waals surface area contributed by atoms with Crippen LogP contribution in [0, 0.1) is 0 Å². The fourth-order valence-electron chi connectivity index (χ4n) is 1.96. The second kappa shape index (κ2) is 6.02. The second-order valence-corrected chi connectivity index (χ2v) is 5.03. The molecule has 0 spiro atoms. The van der Waals surface area contributed by atoms with Crippen molar-refractivity contribution < 1.29 is 0 Å². The van der Waals surface area contributed by atoms with Gasteiger partial charge in [0.05, 0.1) is 0 Å². The van der Waals surface area contributed by atoms with E-state index in [0.29, 0.717) is 0 Å². The lowest BCUT2D eigenvalue weighted by atomic mass is 10.1. The van der Waals surface area contributed by atoms with E-state index in [4.69, 9.17) is 0 Å². The lowest BCUT2D eigenvalue weighted by Gasteiger charge is -2.04. The third-order valence-electron chi connectivity index (χ3n) is 2.79. The van der Waals surface area contributed by atoms with Gasteiger partial charge in [-0.15, -0.1) is 11.3 Å². The molecule has 0 saturated carbocycles. The largest absolute Gasteiger partial charge is 0.317 e. The van der Waals surface area contributed by atoms with E-state index in [9.17, 15) is 0 Å². The normalized spacial score (nSPS) is 11.1. The zero-order valence-electron chi connectivity index (χ0n) is 9.83. The Bertz CT molecular complexity index is 433. The molecule has 0 fully saturated rings. The van der Waals surface area contributed by atoms with Gasteiger partial charge < -0.3 is 5.32 Å². The van der Waals surface area contributed by atoms with Gasteiger partial charge in [0, 0.05) is 4.70 Å². The van der Waals surface area contributed by atoms with E-state index in [-0.39, 0.29) is 0 Å². The smallest absolute Gasteiger partial charge is 0.0374 e. The molecule has 2 rings (SSSR count). The van der Waals surface area contributed by atoms with Crippen LogP contribution in [0.2, 0.25) is 0 Å². The van der Waals surface area contributed by atoms with Crippen LogP contribution in [0.1, 0.15) is 25.3 Å². The molecule has 2 aromatic rings. The third kappa shape index (κ3) is 2.83. The number of nitrogens with one attached hydrogen (secondary N) is 1. The van der Waals surface area contributed by atoms with Gasteiger partial charge in [-0.25, -0.2) is 0 Å². The van der Waals surface area contributed by atoms with Gasteiger partial charge in [0.25, 0.3) is 0 Å². The first-order valence-corrected chi connectivity index (χ1v) is 6.95. The summed E-state index contributed by atoms with van der Waals surface area (Å²) in [6.07, 6.45) is 3.64. The van der Waals surface area contributed by atoms with Gasteiger partial charge in [-0.3, -0.25) is 0 Å². The maximum atomic E-state index is 3.45. The van der Waals surface area contributed by atoms with Crippen molar-refractivity contribution in [1.29, 1.82) is 0 Å². The summed E-state index contributed by atoms with van der Waals surface area (Å²) in [5.74, 6) is 0. The fourth-order valence-corrected chi connectivity index (χ4v) is 2.90. The molecule has 0 aliphatic rings. The Labute approximate surface area is 101 Å². The summed E-state index contributed by atoms with van der Waals surface area (Å²) in [5.41, 5.74) is 1.51. The monoisotopic (exact) mass is 233 g/mol. The van der Waals surface area contributed by atoms with Crippen LogP contribution in [0.4, 0.5) is 0 Å². The molecule has 0 bridgehead atoms. The lowest BCUT2D eigenvalue weighted by Crippen LogP contribution is -2.16. The molecule has 0 aliphatic carbocycles. The molecule has 0 unspecified atom stereocenters. The summed E-state index contributed by atoms with van der Waals surface area (Å²) < 4.78 is 1.47. The molecule has 1 nitrogen and oxygen atoms in total. The zero-order valence-corrected chi connectivity index (χ0v) is 10.6. The van der Waals surface area contributed by atoms with Gasteiger partial charge >= 0.3 is 0 Å². The van der Waals surface area contributed by atoms with Crippen molar-refractivity contribution in [3.63, 3.8) is 0 Å². The molecule has 0 saturated heterocycles. The summed E-state index contributed by atoms with van der Waals surface area (Å²) in [5, 5.41) is 7.03. The van der Waals surface area contributed by atoms with Gasteiger partial charge in [0.1, 0.15) is 0 Å². The minimum atomic E-state index is 1.13. The molecule has 0 radical (unpaired) electrons. The Hall–Kier alpha value is -0.860. The molecule has 1 aromatic carbocycles. The SMILES string of the molecule is CCCNCCCc1cccc2ccsc12. The predicted molar refractivity (Wildman–Crippen MR) is 73.3 cm³/mol. The van der Waals surface area contributed by atoms with Crippen molar-refractivity contribution in [3.05, 3.63) is 35.2 Å². The summed E-state index contributed by atoms with van der Waals surface area (Å²) in [6.45, 7) is 4.48. The minimum Gasteiger partial charge on any atom is -0.317 e. The van der Waals surface area contributed by atoms with Crippen LogP contribution >= 0.6 is 11.3 Å². The zero-order chi connectivity index (χ0) is 11.2. The molecule has 0 aliphatic heterocycles. The Balaban J connectivity index is 1.91. The molecule has 16 heavy (non-hydrogen) atoms. The van der Waals surface area contributed by atoms with Crippen molar-refractivity contribution in [1.82, 2.24) is 5.32 Å². The van der Waals surface area contributed by atoms with E-state index in [2.05, 4.69) is 41.9 Å². The predicted octanol–water partition coefficient (Wildman–Crippen LogP) is 3.83. The quantitative estimate of drug-likeness (QED) is 0.748. The average molecular weight is 233 g/mol. The number of hydrogen-bond donors (Lipinski definition) is 1. The number of thiophene rings is 1.